The van der Waals surface area contributed by atoms with Crippen LogP contribution in [0.2, 0.25) is 0 Å². The van der Waals surface area contributed by atoms with Gasteiger partial charge in [-0.3, -0.25) is 4.79 Å². The third-order valence-corrected chi connectivity index (χ3v) is 3.03. The summed E-state index contributed by atoms with van der Waals surface area (Å²) >= 11 is 0. The highest BCUT2D eigenvalue weighted by molar-refractivity contribution is 5.59. The lowest BCUT2D eigenvalue weighted by molar-refractivity contribution is 0.575. The fraction of sp³-hybridized carbons (Fsp3) is 0.143. The number of aromatic nitrogens is 2. The van der Waals surface area contributed by atoms with Crippen molar-refractivity contribution in [3.05, 3.63) is 58.0 Å². The van der Waals surface area contributed by atoms with Crippen molar-refractivity contribution < 1.29 is 4.42 Å². The molecule has 0 atom stereocenters. The SMILES string of the molecule is Cc1nn2c(=O)cc(-c3ccccc3)oc2c1C. The summed E-state index contributed by atoms with van der Waals surface area (Å²) in [5, 5.41) is 4.16. The molecule has 2 heterocycles. The maximum atomic E-state index is 12.0. The monoisotopic (exact) mass is 240 g/mol. The van der Waals surface area contributed by atoms with Crippen LogP contribution in [0, 0.1) is 13.8 Å². The van der Waals surface area contributed by atoms with Gasteiger partial charge in [-0.15, -0.1) is 0 Å². The van der Waals surface area contributed by atoms with Crippen LogP contribution in [0.1, 0.15) is 11.3 Å². The zero-order chi connectivity index (χ0) is 12.7. The Labute approximate surface area is 103 Å². The third-order valence-electron chi connectivity index (χ3n) is 3.03. The van der Waals surface area contributed by atoms with Gasteiger partial charge in [-0.2, -0.15) is 9.61 Å². The molecule has 4 nitrogen and oxygen atoms in total. The van der Waals surface area contributed by atoms with Gasteiger partial charge >= 0.3 is 0 Å². The van der Waals surface area contributed by atoms with Gasteiger partial charge in [0.2, 0.25) is 5.71 Å². The average molecular weight is 240 g/mol. The van der Waals surface area contributed by atoms with Crippen molar-refractivity contribution in [3.8, 4) is 11.3 Å². The molecule has 18 heavy (non-hydrogen) atoms. The van der Waals surface area contributed by atoms with Gasteiger partial charge in [0.25, 0.3) is 5.56 Å². The zero-order valence-corrected chi connectivity index (χ0v) is 10.2. The molecule has 0 bridgehead atoms. The number of rotatable bonds is 1. The lowest BCUT2D eigenvalue weighted by Crippen LogP contribution is -2.12. The van der Waals surface area contributed by atoms with Crippen molar-refractivity contribution in [2.75, 3.05) is 0 Å². The molecule has 3 aromatic rings. The molecule has 2 aromatic heterocycles. The summed E-state index contributed by atoms with van der Waals surface area (Å²) in [4.78, 5) is 12.0. The Bertz CT molecular complexity index is 770. The van der Waals surface area contributed by atoms with E-state index < -0.39 is 0 Å². The summed E-state index contributed by atoms with van der Waals surface area (Å²) in [5.74, 6) is 0.566. The van der Waals surface area contributed by atoms with E-state index in [9.17, 15) is 4.79 Å². The van der Waals surface area contributed by atoms with Gasteiger partial charge in [-0.1, -0.05) is 30.3 Å². The predicted octanol–water partition coefficient (Wildman–Crippen LogP) is 2.57. The van der Waals surface area contributed by atoms with Gasteiger partial charge in [0, 0.05) is 17.2 Å². The van der Waals surface area contributed by atoms with Gasteiger partial charge in [0.1, 0.15) is 5.76 Å². The predicted molar refractivity (Wildman–Crippen MR) is 68.6 cm³/mol. The van der Waals surface area contributed by atoms with Crippen molar-refractivity contribution in [1.82, 2.24) is 9.61 Å². The third kappa shape index (κ3) is 1.54. The molecular weight excluding hydrogens is 228 g/mol. The molecule has 90 valence electrons. The molecule has 0 aliphatic heterocycles. The molecular formula is C14H12N2O2. The minimum absolute atomic E-state index is 0.175. The normalized spacial score (nSPS) is 11.0. The zero-order valence-electron chi connectivity index (χ0n) is 10.2. The van der Waals surface area contributed by atoms with E-state index in [4.69, 9.17) is 4.42 Å². The van der Waals surface area contributed by atoms with E-state index in [2.05, 4.69) is 5.10 Å². The Balaban J connectivity index is 2.34. The van der Waals surface area contributed by atoms with Crippen LogP contribution in [0.15, 0.2) is 45.6 Å². The molecule has 0 fully saturated rings. The standard InChI is InChI=1S/C14H12N2O2/c1-9-10(2)15-16-13(17)8-12(18-14(9)16)11-6-4-3-5-7-11/h3-8H,1-2H3. The molecule has 0 radical (unpaired) electrons. The van der Waals surface area contributed by atoms with Crippen LogP contribution in [-0.2, 0) is 0 Å². The highest BCUT2D eigenvalue weighted by Crippen LogP contribution is 2.21. The lowest BCUT2D eigenvalue weighted by Gasteiger charge is -2.01. The highest BCUT2D eigenvalue weighted by atomic mass is 16.3. The minimum Gasteiger partial charge on any atom is -0.438 e. The van der Waals surface area contributed by atoms with Crippen molar-refractivity contribution in [2.24, 2.45) is 0 Å². The first-order valence-corrected chi connectivity index (χ1v) is 5.72. The van der Waals surface area contributed by atoms with E-state index in [1.807, 2.05) is 44.2 Å². The lowest BCUT2D eigenvalue weighted by atomic mass is 10.2. The summed E-state index contributed by atoms with van der Waals surface area (Å²) in [6.07, 6.45) is 0. The molecule has 1 aromatic carbocycles. The van der Waals surface area contributed by atoms with Crippen LogP contribution in [0.4, 0.5) is 0 Å². The second kappa shape index (κ2) is 3.84. The molecule has 0 aliphatic rings. The molecule has 0 saturated carbocycles. The number of aryl methyl sites for hydroxylation is 2. The van der Waals surface area contributed by atoms with E-state index in [1.54, 1.807) is 0 Å². The van der Waals surface area contributed by atoms with Crippen LogP contribution in [-0.4, -0.2) is 9.61 Å². The Morgan fingerprint density at radius 3 is 2.61 bits per heavy atom. The molecule has 0 spiro atoms. The first-order chi connectivity index (χ1) is 8.66. The van der Waals surface area contributed by atoms with Gasteiger partial charge < -0.3 is 4.42 Å². The average Bonchev–Trinajstić information content (AvgIpc) is 2.68. The first-order valence-electron chi connectivity index (χ1n) is 5.72. The van der Waals surface area contributed by atoms with Crippen LogP contribution in [0.3, 0.4) is 0 Å². The van der Waals surface area contributed by atoms with Crippen molar-refractivity contribution >= 4 is 5.71 Å². The second-order valence-corrected chi connectivity index (χ2v) is 4.24. The van der Waals surface area contributed by atoms with Crippen LogP contribution >= 0.6 is 0 Å². The molecule has 3 rings (SSSR count). The summed E-state index contributed by atoms with van der Waals surface area (Å²) in [6, 6.07) is 11.0. The summed E-state index contributed by atoms with van der Waals surface area (Å²) in [7, 11) is 0. The maximum Gasteiger partial charge on any atom is 0.277 e. The number of hydrogen-bond donors (Lipinski definition) is 0. The molecule has 0 amide bonds. The molecule has 0 aliphatic carbocycles. The van der Waals surface area contributed by atoms with E-state index in [0.717, 1.165) is 16.8 Å². The van der Waals surface area contributed by atoms with Crippen molar-refractivity contribution in [3.63, 3.8) is 0 Å². The largest absolute Gasteiger partial charge is 0.438 e. The smallest absolute Gasteiger partial charge is 0.277 e. The molecule has 0 unspecified atom stereocenters. The highest BCUT2D eigenvalue weighted by Gasteiger charge is 2.12. The number of nitrogens with zero attached hydrogens (tertiary/aromatic N) is 2. The molecule has 4 heteroatoms. The van der Waals surface area contributed by atoms with Gasteiger partial charge in [0.15, 0.2) is 0 Å². The van der Waals surface area contributed by atoms with E-state index >= 15 is 0 Å². The molecule has 0 saturated heterocycles. The number of benzene rings is 1. The van der Waals surface area contributed by atoms with Crippen LogP contribution < -0.4 is 5.56 Å². The quantitative estimate of drug-likeness (QED) is 0.656. The van der Waals surface area contributed by atoms with E-state index in [1.165, 1.54) is 10.6 Å². The second-order valence-electron chi connectivity index (χ2n) is 4.24. The fourth-order valence-electron chi connectivity index (χ4n) is 1.90. The van der Waals surface area contributed by atoms with Crippen molar-refractivity contribution in [1.29, 1.82) is 0 Å². The summed E-state index contributed by atoms with van der Waals surface area (Å²) in [6.45, 7) is 3.76. The molecule has 0 N–H and O–H groups in total. The van der Waals surface area contributed by atoms with Gasteiger partial charge in [0.05, 0.1) is 5.69 Å². The summed E-state index contributed by atoms with van der Waals surface area (Å²) < 4.78 is 7.08. The number of fused-ring (bicyclic) bond motifs is 1. The fourth-order valence-corrected chi connectivity index (χ4v) is 1.90. The first kappa shape index (κ1) is 10.8. The van der Waals surface area contributed by atoms with Crippen LogP contribution in [0.5, 0.6) is 0 Å². The Morgan fingerprint density at radius 2 is 1.89 bits per heavy atom. The Morgan fingerprint density at radius 1 is 1.17 bits per heavy atom. The van der Waals surface area contributed by atoms with Crippen molar-refractivity contribution in [2.45, 2.75) is 13.8 Å². The van der Waals surface area contributed by atoms with Gasteiger partial charge in [-0.25, -0.2) is 0 Å². The Kier molecular flexibility index (Phi) is 2.30. The Hall–Kier alpha value is -2.36. The van der Waals surface area contributed by atoms with E-state index in [0.29, 0.717) is 11.5 Å². The minimum atomic E-state index is -0.175. The van der Waals surface area contributed by atoms with Crippen LogP contribution in [0.25, 0.3) is 17.0 Å². The van der Waals surface area contributed by atoms with E-state index in [-0.39, 0.29) is 5.56 Å². The summed E-state index contributed by atoms with van der Waals surface area (Å²) in [5.41, 5.74) is 2.92. The topological polar surface area (TPSA) is 47.5 Å². The number of hydrogen-bond acceptors (Lipinski definition) is 3. The van der Waals surface area contributed by atoms with Gasteiger partial charge in [-0.05, 0) is 13.8 Å². The maximum absolute atomic E-state index is 12.0.